The fourth-order valence-electron chi connectivity index (χ4n) is 2.85. The van der Waals surface area contributed by atoms with Crippen molar-refractivity contribution in [2.24, 2.45) is 11.8 Å². The molecule has 5 heteroatoms. The highest BCUT2D eigenvalue weighted by Crippen LogP contribution is 2.13. The molecule has 1 aromatic carbocycles. The van der Waals surface area contributed by atoms with Crippen molar-refractivity contribution in [3.05, 3.63) is 35.9 Å². The Morgan fingerprint density at radius 2 is 1.96 bits per heavy atom. The van der Waals surface area contributed by atoms with Crippen LogP contribution in [0.5, 0.6) is 0 Å². The van der Waals surface area contributed by atoms with Crippen LogP contribution in [-0.2, 0) is 20.7 Å². The minimum atomic E-state index is -0.344. The fraction of sp³-hybridized carbons (Fsp3) is 0.556. The van der Waals surface area contributed by atoms with Crippen LogP contribution in [0.25, 0.3) is 0 Å². The first-order chi connectivity index (χ1) is 11.2. The molecule has 0 aromatic heterocycles. The van der Waals surface area contributed by atoms with E-state index in [0.717, 1.165) is 31.5 Å². The van der Waals surface area contributed by atoms with E-state index in [1.54, 1.807) is 6.92 Å². The first-order valence-corrected chi connectivity index (χ1v) is 8.39. The Morgan fingerprint density at radius 1 is 1.26 bits per heavy atom. The average Bonchev–Trinajstić information content (AvgIpc) is 2.60. The topological polar surface area (TPSA) is 67.4 Å². The number of carbonyl (C=O) groups is 2. The normalized spacial score (nSPS) is 16.6. The maximum Gasteiger partial charge on any atom is 0.311 e. The molecule has 0 bridgehead atoms. The zero-order chi connectivity index (χ0) is 16.5. The Bertz CT molecular complexity index is 498. The molecule has 0 spiro atoms. The molecule has 1 heterocycles. The van der Waals surface area contributed by atoms with E-state index in [9.17, 15) is 9.59 Å². The highest BCUT2D eigenvalue weighted by Gasteiger charge is 2.24. The lowest BCUT2D eigenvalue weighted by Gasteiger charge is -2.23. The largest absolute Gasteiger partial charge is 0.466 e. The molecule has 1 amide bonds. The van der Waals surface area contributed by atoms with Gasteiger partial charge in [-0.05, 0) is 44.8 Å². The lowest BCUT2D eigenvalue weighted by Crippen LogP contribution is -2.41. The number of hydrogen-bond acceptors (Lipinski definition) is 4. The van der Waals surface area contributed by atoms with Crippen molar-refractivity contribution in [2.75, 3.05) is 26.2 Å². The van der Waals surface area contributed by atoms with E-state index in [-0.39, 0.29) is 23.7 Å². The molecule has 126 valence electrons. The van der Waals surface area contributed by atoms with Crippen LogP contribution in [0.2, 0.25) is 0 Å². The number of hydrogen-bond donors (Lipinski definition) is 2. The third kappa shape index (κ3) is 5.67. The summed E-state index contributed by atoms with van der Waals surface area (Å²) in [5.74, 6) is -0.491. The maximum absolute atomic E-state index is 12.2. The SMILES string of the molecule is CCOC(=O)C(CNC(=O)C1CCNCC1)Cc1ccccc1. The van der Waals surface area contributed by atoms with E-state index in [1.807, 2.05) is 30.3 Å². The lowest BCUT2D eigenvalue weighted by atomic mass is 9.96. The minimum Gasteiger partial charge on any atom is -0.466 e. The van der Waals surface area contributed by atoms with Gasteiger partial charge in [-0.15, -0.1) is 0 Å². The third-order valence-corrected chi connectivity index (χ3v) is 4.18. The Labute approximate surface area is 137 Å². The van der Waals surface area contributed by atoms with Crippen molar-refractivity contribution in [3.63, 3.8) is 0 Å². The van der Waals surface area contributed by atoms with Gasteiger partial charge in [0.15, 0.2) is 0 Å². The number of amides is 1. The van der Waals surface area contributed by atoms with Gasteiger partial charge in [0.25, 0.3) is 0 Å². The second kappa shape index (κ2) is 9.30. The quantitative estimate of drug-likeness (QED) is 0.748. The lowest BCUT2D eigenvalue weighted by molar-refractivity contribution is -0.148. The van der Waals surface area contributed by atoms with Crippen LogP contribution >= 0.6 is 0 Å². The molecule has 0 aliphatic carbocycles. The van der Waals surface area contributed by atoms with Gasteiger partial charge < -0.3 is 15.4 Å². The molecule has 2 N–H and O–H groups in total. The van der Waals surface area contributed by atoms with Gasteiger partial charge in [-0.1, -0.05) is 30.3 Å². The number of rotatable bonds is 7. The number of esters is 1. The fourth-order valence-corrected chi connectivity index (χ4v) is 2.85. The standard InChI is InChI=1S/C18H26N2O3/c1-2-23-18(22)16(12-14-6-4-3-5-7-14)13-20-17(21)15-8-10-19-11-9-15/h3-7,15-16,19H,2,8-13H2,1H3,(H,20,21). The van der Waals surface area contributed by atoms with E-state index in [1.165, 1.54) is 0 Å². The number of piperidine rings is 1. The predicted octanol–water partition coefficient (Wildman–Crippen LogP) is 1.52. The van der Waals surface area contributed by atoms with E-state index >= 15 is 0 Å². The molecular weight excluding hydrogens is 292 g/mol. The summed E-state index contributed by atoms with van der Waals surface area (Å²) in [4.78, 5) is 24.4. The molecule has 23 heavy (non-hydrogen) atoms. The van der Waals surface area contributed by atoms with Gasteiger partial charge in [-0.3, -0.25) is 9.59 Å². The number of carbonyl (C=O) groups excluding carboxylic acids is 2. The predicted molar refractivity (Wildman–Crippen MR) is 88.9 cm³/mol. The molecule has 1 aliphatic rings. The van der Waals surface area contributed by atoms with Crippen molar-refractivity contribution in [3.8, 4) is 0 Å². The Kier molecular flexibility index (Phi) is 7.07. The minimum absolute atomic E-state index is 0.0499. The molecule has 0 radical (unpaired) electrons. The zero-order valence-corrected chi connectivity index (χ0v) is 13.7. The van der Waals surface area contributed by atoms with Gasteiger partial charge >= 0.3 is 5.97 Å². The first kappa shape index (κ1) is 17.5. The Balaban J connectivity index is 1.91. The highest BCUT2D eigenvalue weighted by molar-refractivity contribution is 5.80. The van der Waals surface area contributed by atoms with Crippen LogP contribution in [0.1, 0.15) is 25.3 Å². The van der Waals surface area contributed by atoms with Gasteiger partial charge in [0.1, 0.15) is 0 Å². The number of ether oxygens (including phenoxy) is 1. The van der Waals surface area contributed by atoms with Crippen molar-refractivity contribution >= 4 is 11.9 Å². The Hall–Kier alpha value is -1.88. The summed E-state index contributed by atoms with van der Waals surface area (Å²) in [7, 11) is 0. The molecular formula is C18H26N2O3. The average molecular weight is 318 g/mol. The van der Waals surface area contributed by atoms with Crippen molar-refractivity contribution < 1.29 is 14.3 Å². The van der Waals surface area contributed by atoms with Crippen LogP contribution in [0, 0.1) is 11.8 Å². The van der Waals surface area contributed by atoms with Crippen molar-refractivity contribution in [2.45, 2.75) is 26.2 Å². The molecule has 1 fully saturated rings. The van der Waals surface area contributed by atoms with Crippen molar-refractivity contribution in [1.82, 2.24) is 10.6 Å². The third-order valence-electron chi connectivity index (χ3n) is 4.18. The summed E-state index contributed by atoms with van der Waals surface area (Å²) >= 11 is 0. The summed E-state index contributed by atoms with van der Waals surface area (Å²) in [5.41, 5.74) is 1.07. The summed E-state index contributed by atoms with van der Waals surface area (Å²) in [5, 5.41) is 6.19. The first-order valence-electron chi connectivity index (χ1n) is 8.39. The molecule has 1 aliphatic heterocycles. The van der Waals surface area contributed by atoms with E-state index in [0.29, 0.717) is 19.6 Å². The van der Waals surface area contributed by atoms with Crippen LogP contribution in [0.15, 0.2) is 30.3 Å². The summed E-state index contributed by atoms with van der Waals surface area (Å²) in [6.07, 6.45) is 2.29. The van der Waals surface area contributed by atoms with Crippen LogP contribution in [-0.4, -0.2) is 38.1 Å². The number of nitrogens with one attached hydrogen (secondary N) is 2. The number of benzene rings is 1. The van der Waals surface area contributed by atoms with E-state index < -0.39 is 0 Å². The molecule has 0 saturated carbocycles. The van der Waals surface area contributed by atoms with Crippen LogP contribution in [0.3, 0.4) is 0 Å². The monoisotopic (exact) mass is 318 g/mol. The second-order valence-electron chi connectivity index (χ2n) is 5.91. The van der Waals surface area contributed by atoms with Gasteiger partial charge in [-0.2, -0.15) is 0 Å². The van der Waals surface area contributed by atoms with Gasteiger partial charge in [0.05, 0.1) is 12.5 Å². The molecule has 2 rings (SSSR count). The summed E-state index contributed by atoms with van der Waals surface area (Å²) in [6, 6.07) is 9.82. The molecule has 1 saturated heterocycles. The Morgan fingerprint density at radius 3 is 2.61 bits per heavy atom. The molecule has 1 aromatic rings. The summed E-state index contributed by atoms with van der Waals surface area (Å²) < 4.78 is 5.15. The molecule has 5 nitrogen and oxygen atoms in total. The van der Waals surface area contributed by atoms with E-state index in [4.69, 9.17) is 4.74 Å². The van der Waals surface area contributed by atoms with Gasteiger partial charge in [0.2, 0.25) is 5.91 Å². The second-order valence-corrected chi connectivity index (χ2v) is 5.91. The van der Waals surface area contributed by atoms with Crippen LogP contribution < -0.4 is 10.6 Å². The zero-order valence-electron chi connectivity index (χ0n) is 13.7. The van der Waals surface area contributed by atoms with Crippen LogP contribution in [0.4, 0.5) is 0 Å². The molecule has 1 atom stereocenters. The highest BCUT2D eigenvalue weighted by atomic mass is 16.5. The van der Waals surface area contributed by atoms with Crippen molar-refractivity contribution in [1.29, 1.82) is 0 Å². The smallest absolute Gasteiger partial charge is 0.311 e. The summed E-state index contributed by atoms with van der Waals surface area (Å²) in [6.45, 7) is 4.24. The maximum atomic E-state index is 12.2. The molecule has 1 unspecified atom stereocenters. The van der Waals surface area contributed by atoms with E-state index in [2.05, 4.69) is 10.6 Å². The van der Waals surface area contributed by atoms with Gasteiger partial charge in [0, 0.05) is 12.5 Å². The van der Waals surface area contributed by atoms with Gasteiger partial charge in [-0.25, -0.2) is 0 Å².